The lowest BCUT2D eigenvalue weighted by molar-refractivity contribution is 0.591. The zero-order valence-electron chi connectivity index (χ0n) is 7.08. The Bertz CT molecular complexity index is 248. The summed E-state index contributed by atoms with van der Waals surface area (Å²) in [6.45, 7) is 2.99. The summed E-state index contributed by atoms with van der Waals surface area (Å²) in [4.78, 5) is 5.27. The molecule has 0 aliphatic carbocycles. The third-order valence-corrected chi connectivity index (χ3v) is 2.56. The van der Waals surface area contributed by atoms with E-state index < -0.39 is 0 Å². The molecule has 1 N–H and O–H groups in total. The SMILES string of the molecule is C#CCCNC(C)c1cncs1. The molecular formula is C9H12N2S. The first kappa shape index (κ1) is 9.24. The van der Waals surface area contributed by atoms with Crippen molar-refractivity contribution < 1.29 is 0 Å². The first-order chi connectivity index (χ1) is 5.84. The molecule has 0 amide bonds. The molecule has 0 radical (unpaired) electrons. The maximum atomic E-state index is 5.13. The highest BCUT2D eigenvalue weighted by atomic mass is 32.1. The Morgan fingerprint density at radius 2 is 2.67 bits per heavy atom. The summed E-state index contributed by atoms with van der Waals surface area (Å²) in [6, 6.07) is 0.367. The lowest BCUT2D eigenvalue weighted by Gasteiger charge is -2.09. The number of nitrogens with zero attached hydrogens (tertiary/aromatic N) is 1. The fraction of sp³-hybridized carbons (Fsp3) is 0.444. The molecule has 0 aliphatic heterocycles. The molecule has 0 aromatic carbocycles. The van der Waals surface area contributed by atoms with Gasteiger partial charge in [-0.25, -0.2) is 0 Å². The van der Waals surface area contributed by atoms with E-state index in [4.69, 9.17) is 6.42 Å². The van der Waals surface area contributed by atoms with Crippen molar-refractivity contribution in [3.05, 3.63) is 16.6 Å². The maximum absolute atomic E-state index is 5.13. The van der Waals surface area contributed by atoms with E-state index in [9.17, 15) is 0 Å². The van der Waals surface area contributed by atoms with Crippen molar-refractivity contribution in [3.63, 3.8) is 0 Å². The third kappa shape index (κ3) is 2.65. The summed E-state index contributed by atoms with van der Waals surface area (Å²) < 4.78 is 0. The fourth-order valence-corrected chi connectivity index (χ4v) is 1.55. The zero-order valence-corrected chi connectivity index (χ0v) is 7.90. The highest BCUT2D eigenvalue weighted by molar-refractivity contribution is 7.09. The minimum atomic E-state index is 0.367. The van der Waals surface area contributed by atoms with E-state index in [0.29, 0.717) is 6.04 Å². The first-order valence-electron chi connectivity index (χ1n) is 3.90. The quantitative estimate of drug-likeness (QED) is 0.564. The molecule has 1 atom stereocenters. The Morgan fingerprint density at radius 3 is 3.25 bits per heavy atom. The lowest BCUT2D eigenvalue weighted by atomic mass is 10.3. The number of nitrogens with one attached hydrogen (secondary N) is 1. The van der Waals surface area contributed by atoms with E-state index in [1.807, 2.05) is 11.7 Å². The molecule has 1 rings (SSSR count). The molecule has 3 heteroatoms. The Labute approximate surface area is 77.0 Å². The van der Waals surface area contributed by atoms with Crippen LogP contribution in [0.25, 0.3) is 0 Å². The second-order valence-corrected chi connectivity index (χ2v) is 3.45. The van der Waals surface area contributed by atoms with Crippen LogP contribution in [-0.2, 0) is 0 Å². The molecular weight excluding hydrogens is 168 g/mol. The van der Waals surface area contributed by atoms with Crippen molar-refractivity contribution in [2.45, 2.75) is 19.4 Å². The molecule has 0 aliphatic rings. The van der Waals surface area contributed by atoms with Crippen molar-refractivity contribution in [2.24, 2.45) is 0 Å². The van der Waals surface area contributed by atoms with Gasteiger partial charge in [0.1, 0.15) is 0 Å². The van der Waals surface area contributed by atoms with Crippen LogP contribution < -0.4 is 5.32 Å². The Morgan fingerprint density at radius 1 is 1.83 bits per heavy atom. The first-order valence-corrected chi connectivity index (χ1v) is 4.78. The fourth-order valence-electron chi connectivity index (χ4n) is 0.901. The monoisotopic (exact) mass is 180 g/mol. The molecule has 0 saturated heterocycles. The number of rotatable bonds is 4. The van der Waals surface area contributed by atoms with Gasteiger partial charge in [0, 0.05) is 30.1 Å². The van der Waals surface area contributed by atoms with Crippen LogP contribution in [0, 0.1) is 12.3 Å². The third-order valence-electron chi connectivity index (χ3n) is 1.60. The van der Waals surface area contributed by atoms with Crippen molar-refractivity contribution in [1.82, 2.24) is 10.3 Å². The standard InChI is InChI=1S/C9H12N2S/c1-3-4-5-11-8(2)9-6-10-7-12-9/h1,6-8,11H,4-5H2,2H3. The second-order valence-electron chi connectivity index (χ2n) is 2.53. The predicted molar refractivity (Wildman–Crippen MR) is 52.0 cm³/mol. The smallest absolute Gasteiger partial charge is 0.0794 e. The van der Waals surface area contributed by atoms with Crippen molar-refractivity contribution >= 4 is 11.3 Å². The Hall–Kier alpha value is -0.850. The van der Waals surface area contributed by atoms with E-state index >= 15 is 0 Å². The summed E-state index contributed by atoms with van der Waals surface area (Å²) in [5.41, 5.74) is 1.84. The van der Waals surface area contributed by atoms with E-state index in [1.54, 1.807) is 11.3 Å². The minimum absolute atomic E-state index is 0.367. The molecule has 0 spiro atoms. The number of hydrogen-bond donors (Lipinski definition) is 1. The topological polar surface area (TPSA) is 24.9 Å². The molecule has 0 saturated carbocycles. The van der Waals surface area contributed by atoms with Crippen LogP contribution in [0.15, 0.2) is 11.7 Å². The number of aromatic nitrogens is 1. The van der Waals surface area contributed by atoms with Gasteiger partial charge in [0.2, 0.25) is 0 Å². The van der Waals surface area contributed by atoms with E-state index in [0.717, 1.165) is 13.0 Å². The van der Waals surface area contributed by atoms with Gasteiger partial charge in [-0.15, -0.1) is 23.7 Å². The van der Waals surface area contributed by atoms with Gasteiger partial charge < -0.3 is 5.32 Å². The van der Waals surface area contributed by atoms with Gasteiger partial charge in [-0.1, -0.05) is 0 Å². The number of terminal acetylenes is 1. The summed E-state index contributed by atoms with van der Waals surface area (Å²) in [6.07, 6.45) is 7.80. The average molecular weight is 180 g/mol. The molecule has 1 unspecified atom stereocenters. The molecule has 2 nitrogen and oxygen atoms in total. The maximum Gasteiger partial charge on any atom is 0.0794 e. The highest BCUT2D eigenvalue weighted by Crippen LogP contribution is 2.15. The number of hydrogen-bond acceptors (Lipinski definition) is 3. The van der Waals surface area contributed by atoms with Crippen molar-refractivity contribution in [3.8, 4) is 12.3 Å². The van der Waals surface area contributed by atoms with Crippen LogP contribution in [0.3, 0.4) is 0 Å². The van der Waals surface area contributed by atoms with Crippen LogP contribution in [0.1, 0.15) is 24.3 Å². The van der Waals surface area contributed by atoms with Crippen LogP contribution in [0.2, 0.25) is 0 Å². The van der Waals surface area contributed by atoms with E-state index in [2.05, 4.69) is 23.1 Å². The van der Waals surface area contributed by atoms with Crippen molar-refractivity contribution in [1.29, 1.82) is 0 Å². The summed E-state index contributed by atoms with van der Waals surface area (Å²) >= 11 is 1.66. The van der Waals surface area contributed by atoms with Crippen LogP contribution in [-0.4, -0.2) is 11.5 Å². The molecule has 12 heavy (non-hydrogen) atoms. The van der Waals surface area contributed by atoms with Gasteiger partial charge in [-0.2, -0.15) is 0 Å². The van der Waals surface area contributed by atoms with Gasteiger partial charge in [0.25, 0.3) is 0 Å². The molecule has 1 aromatic rings. The predicted octanol–water partition coefficient (Wildman–Crippen LogP) is 1.82. The van der Waals surface area contributed by atoms with Crippen LogP contribution in [0.4, 0.5) is 0 Å². The van der Waals surface area contributed by atoms with Crippen LogP contribution >= 0.6 is 11.3 Å². The van der Waals surface area contributed by atoms with Gasteiger partial charge in [-0.3, -0.25) is 4.98 Å². The Balaban J connectivity index is 2.30. The molecule has 1 heterocycles. The van der Waals surface area contributed by atoms with Crippen molar-refractivity contribution in [2.75, 3.05) is 6.54 Å². The summed E-state index contributed by atoms with van der Waals surface area (Å²) in [5, 5.41) is 3.31. The highest BCUT2D eigenvalue weighted by Gasteiger charge is 2.04. The summed E-state index contributed by atoms with van der Waals surface area (Å²) in [5.74, 6) is 2.59. The Kier molecular flexibility index (Phi) is 3.78. The normalized spacial score (nSPS) is 12.3. The second kappa shape index (κ2) is 4.91. The van der Waals surface area contributed by atoms with Gasteiger partial charge in [-0.05, 0) is 6.92 Å². The summed E-state index contributed by atoms with van der Waals surface area (Å²) in [7, 11) is 0. The lowest BCUT2D eigenvalue weighted by Crippen LogP contribution is -2.18. The van der Waals surface area contributed by atoms with E-state index in [1.165, 1.54) is 4.88 Å². The van der Waals surface area contributed by atoms with Gasteiger partial charge in [0.15, 0.2) is 0 Å². The number of thiazole rings is 1. The molecule has 0 bridgehead atoms. The van der Waals surface area contributed by atoms with Gasteiger partial charge >= 0.3 is 0 Å². The molecule has 1 aromatic heterocycles. The minimum Gasteiger partial charge on any atom is -0.308 e. The molecule has 64 valence electrons. The largest absolute Gasteiger partial charge is 0.308 e. The van der Waals surface area contributed by atoms with Crippen LogP contribution in [0.5, 0.6) is 0 Å². The zero-order chi connectivity index (χ0) is 8.81. The van der Waals surface area contributed by atoms with Gasteiger partial charge in [0.05, 0.1) is 5.51 Å². The average Bonchev–Trinajstić information content (AvgIpc) is 2.56. The van der Waals surface area contributed by atoms with E-state index in [-0.39, 0.29) is 0 Å². The molecule has 0 fully saturated rings.